The maximum atomic E-state index is 12.2. The van der Waals surface area contributed by atoms with Crippen LogP contribution in [0.4, 0.5) is 0 Å². The number of hydrogen-bond acceptors (Lipinski definition) is 4. The van der Waals surface area contributed by atoms with Crippen molar-refractivity contribution in [2.24, 2.45) is 7.05 Å². The topological polar surface area (TPSA) is 69.8 Å². The molecule has 0 aliphatic carbocycles. The molecule has 0 amide bonds. The predicted octanol–water partition coefficient (Wildman–Crippen LogP) is 2.08. The van der Waals surface area contributed by atoms with Crippen LogP contribution < -0.4 is 5.43 Å². The molecule has 3 rings (SSSR count). The van der Waals surface area contributed by atoms with Gasteiger partial charge in [-0.3, -0.25) is 14.3 Å². The molecule has 3 aromatic rings. The molecular formula is C19H20N4O2. The zero-order valence-electron chi connectivity index (χ0n) is 14.3. The second-order valence-electron chi connectivity index (χ2n) is 6.01. The summed E-state index contributed by atoms with van der Waals surface area (Å²) in [6.07, 6.45) is 6.54. The van der Waals surface area contributed by atoms with Crippen LogP contribution in [-0.2, 0) is 24.7 Å². The molecule has 0 aliphatic heterocycles. The smallest absolute Gasteiger partial charge is 0.203 e. The van der Waals surface area contributed by atoms with Crippen LogP contribution in [0.5, 0.6) is 0 Å². The summed E-state index contributed by atoms with van der Waals surface area (Å²) >= 11 is 0. The minimum absolute atomic E-state index is 0.102. The van der Waals surface area contributed by atoms with Crippen LogP contribution in [-0.4, -0.2) is 25.3 Å². The molecule has 0 fully saturated rings. The molecule has 25 heavy (non-hydrogen) atoms. The standard InChI is InChI=1S/C19H20N4O2/c1-3-17(24)10-14-5-4-6-15(9-14)11-18-19(25)7-8-23(21-18)16-12-20-22(2)13-16/h4-9,12-13H,3,10-11H2,1-2H3. The molecule has 2 aromatic heterocycles. The highest BCUT2D eigenvalue weighted by Gasteiger charge is 2.08. The van der Waals surface area contributed by atoms with E-state index in [1.807, 2.05) is 44.4 Å². The molecule has 128 valence electrons. The van der Waals surface area contributed by atoms with E-state index in [0.29, 0.717) is 25.0 Å². The zero-order valence-corrected chi connectivity index (χ0v) is 14.3. The van der Waals surface area contributed by atoms with Gasteiger partial charge in [-0.15, -0.1) is 0 Å². The lowest BCUT2D eigenvalue weighted by molar-refractivity contribution is -0.118. The highest BCUT2D eigenvalue weighted by Crippen LogP contribution is 2.11. The Kier molecular flexibility index (Phi) is 4.88. The van der Waals surface area contributed by atoms with Gasteiger partial charge in [0, 0.05) is 38.6 Å². The molecule has 0 aliphatic rings. The quantitative estimate of drug-likeness (QED) is 0.691. The SMILES string of the molecule is CCC(=O)Cc1cccc(Cc2nn(-c3cnn(C)c3)ccc2=O)c1. The highest BCUT2D eigenvalue weighted by atomic mass is 16.1. The molecule has 6 nitrogen and oxygen atoms in total. The van der Waals surface area contributed by atoms with Crippen molar-refractivity contribution in [1.29, 1.82) is 0 Å². The number of rotatable bonds is 6. The van der Waals surface area contributed by atoms with Crippen LogP contribution in [0, 0.1) is 0 Å². The third-order valence-electron chi connectivity index (χ3n) is 3.99. The Balaban J connectivity index is 1.86. The largest absolute Gasteiger partial charge is 0.299 e. The number of hydrogen-bond donors (Lipinski definition) is 0. The lowest BCUT2D eigenvalue weighted by Crippen LogP contribution is -2.16. The molecule has 6 heteroatoms. The van der Waals surface area contributed by atoms with E-state index in [0.717, 1.165) is 16.8 Å². The summed E-state index contributed by atoms with van der Waals surface area (Å²) in [4.78, 5) is 23.8. The molecule has 0 saturated carbocycles. The minimum Gasteiger partial charge on any atom is -0.299 e. The van der Waals surface area contributed by atoms with Crippen molar-refractivity contribution in [2.45, 2.75) is 26.2 Å². The number of carbonyl (C=O) groups is 1. The summed E-state index contributed by atoms with van der Waals surface area (Å²) in [6, 6.07) is 9.28. The second-order valence-corrected chi connectivity index (χ2v) is 6.01. The molecule has 0 radical (unpaired) electrons. The monoisotopic (exact) mass is 336 g/mol. The molecule has 0 atom stereocenters. The molecule has 2 heterocycles. The third kappa shape index (κ3) is 4.09. The Morgan fingerprint density at radius 3 is 2.72 bits per heavy atom. The number of ketones is 1. The summed E-state index contributed by atoms with van der Waals surface area (Å²) in [7, 11) is 1.83. The Bertz CT molecular complexity index is 956. The van der Waals surface area contributed by atoms with E-state index in [2.05, 4.69) is 10.2 Å². The number of carbonyl (C=O) groups excluding carboxylic acids is 1. The number of aromatic nitrogens is 4. The molecule has 0 spiro atoms. The number of benzene rings is 1. The first-order valence-corrected chi connectivity index (χ1v) is 8.22. The average molecular weight is 336 g/mol. The predicted molar refractivity (Wildman–Crippen MR) is 94.9 cm³/mol. The van der Waals surface area contributed by atoms with Gasteiger partial charge in [-0.2, -0.15) is 10.2 Å². The van der Waals surface area contributed by atoms with Gasteiger partial charge in [-0.25, -0.2) is 4.68 Å². The summed E-state index contributed by atoms with van der Waals surface area (Å²) in [5, 5.41) is 8.56. The van der Waals surface area contributed by atoms with Crippen molar-refractivity contribution in [3.8, 4) is 5.69 Å². The van der Waals surface area contributed by atoms with Crippen molar-refractivity contribution >= 4 is 5.78 Å². The Morgan fingerprint density at radius 2 is 2.00 bits per heavy atom. The molecule has 0 bridgehead atoms. The van der Waals surface area contributed by atoms with Crippen LogP contribution in [0.25, 0.3) is 5.69 Å². The fourth-order valence-electron chi connectivity index (χ4n) is 2.64. The van der Waals surface area contributed by atoms with Gasteiger partial charge in [0.1, 0.15) is 17.2 Å². The van der Waals surface area contributed by atoms with Crippen LogP contribution in [0.2, 0.25) is 0 Å². The molecular weight excluding hydrogens is 316 g/mol. The van der Waals surface area contributed by atoms with Crippen molar-refractivity contribution in [1.82, 2.24) is 19.6 Å². The first-order chi connectivity index (χ1) is 12.0. The maximum Gasteiger partial charge on any atom is 0.203 e. The van der Waals surface area contributed by atoms with Gasteiger partial charge in [0.25, 0.3) is 0 Å². The van der Waals surface area contributed by atoms with Crippen molar-refractivity contribution in [2.75, 3.05) is 0 Å². The van der Waals surface area contributed by atoms with Gasteiger partial charge in [-0.05, 0) is 11.1 Å². The maximum absolute atomic E-state index is 12.2. The van der Waals surface area contributed by atoms with E-state index < -0.39 is 0 Å². The normalized spacial score (nSPS) is 10.8. The van der Waals surface area contributed by atoms with Crippen LogP contribution in [0.15, 0.2) is 53.7 Å². The molecule has 0 unspecified atom stereocenters. The lowest BCUT2D eigenvalue weighted by Gasteiger charge is -2.07. The number of nitrogens with zero attached hydrogens (tertiary/aromatic N) is 4. The van der Waals surface area contributed by atoms with E-state index in [9.17, 15) is 9.59 Å². The Hall–Kier alpha value is -3.02. The third-order valence-corrected chi connectivity index (χ3v) is 3.99. The van der Waals surface area contributed by atoms with E-state index in [-0.39, 0.29) is 11.2 Å². The van der Waals surface area contributed by atoms with Gasteiger partial charge in [0.2, 0.25) is 5.43 Å². The fraction of sp³-hybridized carbons (Fsp3) is 0.263. The van der Waals surface area contributed by atoms with E-state index in [1.165, 1.54) is 6.07 Å². The number of aryl methyl sites for hydroxylation is 1. The van der Waals surface area contributed by atoms with Gasteiger partial charge >= 0.3 is 0 Å². The molecule has 1 aromatic carbocycles. The van der Waals surface area contributed by atoms with Gasteiger partial charge < -0.3 is 0 Å². The summed E-state index contributed by atoms with van der Waals surface area (Å²) in [5.41, 5.74) is 3.09. The molecule has 0 N–H and O–H groups in total. The van der Waals surface area contributed by atoms with E-state index in [1.54, 1.807) is 21.8 Å². The van der Waals surface area contributed by atoms with Crippen LogP contribution in [0.3, 0.4) is 0 Å². The second kappa shape index (κ2) is 7.25. The van der Waals surface area contributed by atoms with E-state index in [4.69, 9.17) is 0 Å². The van der Waals surface area contributed by atoms with Crippen LogP contribution in [0.1, 0.15) is 30.2 Å². The summed E-state index contributed by atoms with van der Waals surface area (Å²) in [5.74, 6) is 0.203. The highest BCUT2D eigenvalue weighted by molar-refractivity contribution is 5.80. The van der Waals surface area contributed by atoms with Crippen molar-refractivity contribution < 1.29 is 4.79 Å². The Morgan fingerprint density at radius 1 is 1.20 bits per heavy atom. The first kappa shape index (κ1) is 16.8. The number of Topliss-reactive ketones (excluding diaryl/α,β-unsaturated/α-hetero) is 1. The van der Waals surface area contributed by atoms with Gasteiger partial charge in [0.15, 0.2) is 0 Å². The van der Waals surface area contributed by atoms with Gasteiger partial charge in [-0.1, -0.05) is 31.2 Å². The Labute approximate surface area is 145 Å². The van der Waals surface area contributed by atoms with Gasteiger partial charge in [0.05, 0.1) is 12.4 Å². The van der Waals surface area contributed by atoms with Crippen LogP contribution >= 0.6 is 0 Å². The average Bonchev–Trinajstić information content (AvgIpc) is 3.03. The lowest BCUT2D eigenvalue weighted by atomic mass is 10.0. The van der Waals surface area contributed by atoms with E-state index >= 15 is 0 Å². The zero-order chi connectivity index (χ0) is 17.8. The summed E-state index contributed by atoms with van der Waals surface area (Å²) in [6.45, 7) is 1.86. The minimum atomic E-state index is -0.102. The summed E-state index contributed by atoms with van der Waals surface area (Å²) < 4.78 is 3.33. The van der Waals surface area contributed by atoms with Crippen molar-refractivity contribution in [3.05, 3.63) is 76.0 Å². The first-order valence-electron chi connectivity index (χ1n) is 8.22. The molecule has 0 saturated heterocycles. The van der Waals surface area contributed by atoms with Crippen molar-refractivity contribution in [3.63, 3.8) is 0 Å². The fourth-order valence-corrected chi connectivity index (χ4v) is 2.64.